The summed E-state index contributed by atoms with van der Waals surface area (Å²) >= 11 is 0. The summed E-state index contributed by atoms with van der Waals surface area (Å²) in [6.45, 7) is 5.04. The van der Waals surface area contributed by atoms with Crippen molar-refractivity contribution in [2.75, 3.05) is 24.5 Å². The normalized spacial score (nSPS) is 17.4. The number of nitrogens with two attached hydrogens (primary N) is 1. The number of anilines is 1. The molecule has 3 amide bonds. The average Bonchev–Trinajstić information content (AvgIpc) is 2.86. The second-order valence-corrected chi connectivity index (χ2v) is 6.50. The first-order valence-electron chi connectivity index (χ1n) is 8.17. The van der Waals surface area contributed by atoms with Gasteiger partial charge in [0, 0.05) is 31.6 Å². The summed E-state index contributed by atoms with van der Waals surface area (Å²) in [5.41, 5.74) is 5.17. The summed E-state index contributed by atoms with van der Waals surface area (Å²) in [6, 6.07) is 5.40. The molecular weight excluding hydrogens is 308 g/mol. The van der Waals surface area contributed by atoms with Gasteiger partial charge in [-0.2, -0.15) is 0 Å². The first-order valence-corrected chi connectivity index (χ1v) is 8.17. The Hall–Kier alpha value is -2.44. The highest BCUT2D eigenvalue weighted by Crippen LogP contribution is 2.21. The molecule has 7 nitrogen and oxygen atoms in total. The molecule has 0 saturated carbocycles. The van der Waals surface area contributed by atoms with Crippen LogP contribution in [0.1, 0.15) is 26.7 Å². The van der Waals surface area contributed by atoms with E-state index < -0.39 is 11.8 Å². The summed E-state index contributed by atoms with van der Waals surface area (Å²) in [7, 11) is 0. The number of carbonyl (C=O) groups is 3. The van der Waals surface area contributed by atoms with Crippen molar-refractivity contribution < 1.29 is 14.4 Å². The molecule has 1 aliphatic heterocycles. The van der Waals surface area contributed by atoms with Gasteiger partial charge >= 0.3 is 0 Å². The Labute approximate surface area is 141 Å². The van der Waals surface area contributed by atoms with Gasteiger partial charge in [-0.25, -0.2) is 4.98 Å². The maximum atomic E-state index is 12.7. The van der Waals surface area contributed by atoms with Crippen LogP contribution >= 0.6 is 0 Å². The summed E-state index contributed by atoms with van der Waals surface area (Å²) in [6.07, 6.45) is 2.24. The van der Waals surface area contributed by atoms with Gasteiger partial charge in [0.25, 0.3) is 0 Å². The number of rotatable bonds is 7. The van der Waals surface area contributed by atoms with Crippen LogP contribution in [0.3, 0.4) is 0 Å². The highest BCUT2D eigenvalue weighted by atomic mass is 16.2. The second kappa shape index (κ2) is 7.90. The van der Waals surface area contributed by atoms with Crippen LogP contribution in [0.25, 0.3) is 0 Å². The average molecular weight is 332 g/mol. The summed E-state index contributed by atoms with van der Waals surface area (Å²) < 4.78 is 0. The fraction of sp³-hybridized carbons (Fsp3) is 0.529. The maximum absolute atomic E-state index is 12.7. The zero-order valence-corrected chi connectivity index (χ0v) is 14.1. The third-order valence-corrected chi connectivity index (χ3v) is 3.96. The smallest absolute Gasteiger partial charge is 0.247 e. The van der Waals surface area contributed by atoms with Crippen molar-refractivity contribution in [1.82, 2.24) is 9.88 Å². The third-order valence-electron chi connectivity index (χ3n) is 3.96. The molecule has 1 atom stereocenters. The summed E-state index contributed by atoms with van der Waals surface area (Å²) in [5, 5.41) is 0. The van der Waals surface area contributed by atoms with Gasteiger partial charge in [-0.05, 0) is 24.5 Å². The molecule has 2 N–H and O–H groups in total. The van der Waals surface area contributed by atoms with Crippen LogP contribution in [0.15, 0.2) is 24.4 Å². The number of aromatic nitrogens is 1. The van der Waals surface area contributed by atoms with E-state index in [1.165, 1.54) is 4.90 Å². The van der Waals surface area contributed by atoms with Crippen molar-refractivity contribution in [2.24, 2.45) is 17.6 Å². The fourth-order valence-corrected chi connectivity index (χ4v) is 2.84. The monoisotopic (exact) mass is 332 g/mol. The van der Waals surface area contributed by atoms with Gasteiger partial charge in [0.2, 0.25) is 17.7 Å². The van der Waals surface area contributed by atoms with Crippen LogP contribution in [-0.4, -0.2) is 47.2 Å². The van der Waals surface area contributed by atoms with Crippen molar-refractivity contribution in [3.05, 3.63) is 24.4 Å². The molecule has 1 aromatic heterocycles. The van der Waals surface area contributed by atoms with Crippen LogP contribution in [0.5, 0.6) is 0 Å². The lowest BCUT2D eigenvalue weighted by Gasteiger charge is -2.26. The van der Waals surface area contributed by atoms with Gasteiger partial charge in [0.1, 0.15) is 12.4 Å². The van der Waals surface area contributed by atoms with E-state index in [0.29, 0.717) is 25.3 Å². The molecule has 130 valence electrons. The predicted octanol–water partition coefficient (Wildman–Crippen LogP) is 0.795. The Morgan fingerprint density at radius 1 is 1.42 bits per heavy atom. The van der Waals surface area contributed by atoms with Crippen LogP contribution < -0.4 is 10.6 Å². The molecule has 2 rings (SSSR count). The quantitative estimate of drug-likeness (QED) is 0.798. The summed E-state index contributed by atoms with van der Waals surface area (Å²) in [4.78, 5) is 43.4. The SMILES string of the molecule is CC(C)CN(C(=O)CN1CCC(CC(N)=O)C1=O)c1ccccn1. The largest absolute Gasteiger partial charge is 0.370 e. The molecule has 1 aliphatic rings. The van der Waals surface area contributed by atoms with Crippen molar-refractivity contribution in [3.8, 4) is 0 Å². The van der Waals surface area contributed by atoms with Crippen LogP contribution in [0.2, 0.25) is 0 Å². The van der Waals surface area contributed by atoms with E-state index in [0.717, 1.165) is 0 Å². The number of hydrogen-bond donors (Lipinski definition) is 1. The van der Waals surface area contributed by atoms with E-state index >= 15 is 0 Å². The number of primary amides is 1. The Balaban J connectivity index is 2.05. The van der Waals surface area contributed by atoms with E-state index in [9.17, 15) is 14.4 Å². The number of amides is 3. The van der Waals surface area contributed by atoms with E-state index in [1.807, 2.05) is 19.9 Å². The molecule has 0 aliphatic carbocycles. The molecular formula is C17H24N4O3. The highest BCUT2D eigenvalue weighted by molar-refractivity contribution is 5.97. The van der Waals surface area contributed by atoms with E-state index in [4.69, 9.17) is 5.73 Å². The first kappa shape index (κ1) is 17.9. The van der Waals surface area contributed by atoms with Crippen LogP contribution in [0.4, 0.5) is 5.82 Å². The molecule has 0 spiro atoms. The minimum atomic E-state index is -0.489. The lowest BCUT2D eigenvalue weighted by molar-refractivity contribution is -0.136. The molecule has 0 radical (unpaired) electrons. The fourth-order valence-electron chi connectivity index (χ4n) is 2.84. The van der Waals surface area contributed by atoms with Crippen molar-refractivity contribution in [3.63, 3.8) is 0 Å². The van der Waals surface area contributed by atoms with E-state index in [-0.39, 0.29) is 30.7 Å². The van der Waals surface area contributed by atoms with Gasteiger partial charge in [0.15, 0.2) is 0 Å². The minimum Gasteiger partial charge on any atom is -0.370 e. The minimum absolute atomic E-state index is 0.00259. The highest BCUT2D eigenvalue weighted by Gasteiger charge is 2.34. The molecule has 1 fully saturated rings. The first-order chi connectivity index (χ1) is 11.4. The third kappa shape index (κ3) is 4.53. The Bertz CT molecular complexity index is 603. The van der Waals surface area contributed by atoms with Gasteiger partial charge in [-0.3, -0.25) is 19.3 Å². The van der Waals surface area contributed by atoms with Crippen molar-refractivity contribution >= 4 is 23.5 Å². The Kier molecular flexibility index (Phi) is 5.89. The number of pyridine rings is 1. The molecule has 0 aromatic carbocycles. The predicted molar refractivity (Wildman–Crippen MR) is 89.9 cm³/mol. The molecule has 24 heavy (non-hydrogen) atoms. The number of likely N-dealkylation sites (tertiary alicyclic amines) is 1. The zero-order chi connectivity index (χ0) is 17.7. The topological polar surface area (TPSA) is 96.6 Å². The van der Waals surface area contributed by atoms with E-state index in [1.54, 1.807) is 23.2 Å². The van der Waals surface area contributed by atoms with Crippen LogP contribution in [-0.2, 0) is 14.4 Å². The van der Waals surface area contributed by atoms with Crippen molar-refractivity contribution in [1.29, 1.82) is 0 Å². The molecule has 7 heteroatoms. The van der Waals surface area contributed by atoms with Crippen LogP contribution in [0, 0.1) is 11.8 Å². The lowest BCUT2D eigenvalue weighted by Crippen LogP contribution is -2.43. The van der Waals surface area contributed by atoms with Crippen molar-refractivity contribution in [2.45, 2.75) is 26.7 Å². The standard InChI is InChI=1S/C17H24N4O3/c1-12(2)10-21(15-5-3-4-7-19-15)16(23)11-20-8-6-13(17(20)24)9-14(18)22/h3-5,7,12-13H,6,8-11H2,1-2H3,(H2,18,22). The molecule has 0 bridgehead atoms. The van der Waals surface area contributed by atoms with Gasteiger partial charge in [0.05, 0.1) is 0 Å². The van der Waals surface area contributed by atoms with E-state index in [2.05, 4.69) is 4.98 Å². The Morgan fingerprint density at radius 3 is 2.75 bits per heavy atom. The summed E-state index contributed by atoms with van der Waals surface area (Å²) in [5.74, 6) is -0.382. The van der Waals surface area contributed by atoms with Gasteiger partial charge in [-0.1, -0.05) is 19.9 Å². The van der Waals surface area contributed by atoms with Gasteiger partial charge in [-0.15, -0.1) is 0 Å². The zero-order valence-electron chi connectivity index (χ0n) is 14.1. The Morgan fingerprint density at radius 2 is 2.17 bits per heavy atom. The molecule has 1 unspecified atom stereocenters. The number of carbonyl (C=O) groups excluding carboxylic acids is 3. The maximum Gasteiger partial charge on any atom is 0.247 e. The second-order valence-electron chi connectivity index (χ2n) is 6.50. The number of nitrogens with zero attached hydrogens (tertiary/aromatic N) is 3. The lowest BCUT2D eigenvalue weighted by atomic mass is 10.0. The number of hydrogen-bond acceptors (Lipinski definition) is 4. The molecule has 2 heterocycles. The van der Waals surface area contributed by atoms with Gasteiger partial charge < -0.3 is 10.6 Å². The molecule has 1 saturated heterocycles. The molecule has 1 aromatic rings.